The largest absolute Gasteiger partial charge is 0.489 e. The minimum Gasteiger partial charge on any atom is -0.489 e. The molecule has 0 spiro atoms. The van der Waals surface area contributed by atoms with Crippen LogP contribution in [0.25, 0.3) is 10.9 Å². The first-order valence-electron chi connectivity index (χ1n) is 10.0. The molecule has 2 aromatic carbocycles. The number of hydrogen-bond donors (Lipinski definition) is 3. The predicted octanol–water partition coefficient (Wildman–Crippen LogP) is 3.22. The van der Waals surface area contributed by atoms with Gasteiger partial charge in [-0.15, -0.1) is 0 Å². The summed E-state index contributed by atoms with van der Waals surface area (Å²) in [7, 11) is 0. The normalized spacial score (nSPS) is 13.1. The summed E-state index contributed by atoms with van der Waals surface area (Å²) in [4.78, 5) is 25.6. The Morgan fingerprint density at radius 3 is 2.74 bits per heavy atom. The second kappa shape index (κ2) is 8.08. The number of carbonyl (C=O) groups is 1. The van der Waals surface area contributed by atoms with Crippen molar-refractivity contribution < 1.29 is 14.7 Å². The molecule has 3 heterocycles. The second-order valence-electron chi connectivity index (χ2n) is 7.45. The zero-order chi connectivity index (χ0) is 21.2. The molecule has 2 aromatic heterocycles. The number of anilines is 1. The van der Waals surface area contributed by atoms with Gasteiger partial charge in [0.05, 0.1) is 12.1 Å². The van der Waals surface area contributed by atoms with Crippen molar-refractivity contribution in [1.29, 1.82) is 0 Å². The van der Waals surface area contributed by atoms with E-state index >= 15 is 0 Å². The molecule has 0 radical (unpaired) electrons. The molecular weight excluding hydrogens is 394 g/mol. The van der Waals surface area contributed by atoms with Crippen LogP contribution in [-0.2, 0) is 19.6 Å². The number of nitrogens with zero attached hydrogens (tertiary/aromatic N) is 3. The number of hydrogen-bond acceptors (Lipinski definition) is 6. The molecule has 0 saturated carbocycles. The summed E-state index contributed by atoms with van der Waals surface area (Å²) in [6, 6.07) is 16.3. The fourth-order valence-corrected chi connectivity index (χ4v) is 3.89. The molecule has 5 rings (SSSR count). The molecule has 0 fully saturated rings. The van der Waals surface area contributed by atoms with E-state index in [1.165, 1.54) is 23.3 Å². The molecule has 0 saturated heterocycles. The van der Waals surface area contributed by atoms with Gasteiger partial charge in [0.25, 0.3) is 5.91 Å². The van der Waals surface area contributed by atoms with E-state index in [4.69, 9.17) is 9.94 Å². The second-order valence-corrected chi connectivity index (χ2v) is 7.45. The number of H-pyrrole nitrogens is 1. The molecule has 1 aliphatic heterocycles. The van der Waals surface area contributed by atoms with Crippen molar-refractivity contribution >= 4 is 22.8 Å². The van der Waals surface area contributed by atoms with E-state index in [-0.39, 0.29) is 5.56 Å². The molecular formula is C23H21N5O3. The number of nitrogens with one attached hydrogen (secondary N) is 2. The van der Waals surface area contributed by atoms with Crippen molar-refractivity contribution in [3.8, 4) is 5.75 Å². The number of rotatable bonds is 5. The summed E-state index contributed by atoms with van der Waals surface area (Å²) >= 11 is 0. The monoisotopic (exact) mass is 415 g/mol. The maximum Gasteiger partial charge on any atom is 0.277 e. The quantitative estimate of drug-likeness (QED) is 0.342. The van der Waals surface area contributed by atoms with Crippen LogP contribution in [-0.4, -0.2) is 32.6 Å². The Morgan fingerprint density at radius 1 is 1.16 bits per heavy atom. The van der Waals surface area contributed by atoms with Gasteiger partial charge in [0.1, 0.15) is 12.4 Å². The molecule has 0 unspecified atom stereocenters. The van der Waals surface area contributed by atoms with Gasteiger partial charge in [-0.05, 0) is 35.7 Å². The van der Waals surface area contributed by atoms with Crippen LogP contribution in [0.3, 0.4) is 0 Å². The third-order valence-corrected chi connectivity index (χ3v) is 5.48. The molecule has 1 amide bonds. The number of fused-ring (bicyclic) bond motifs is 3. The first-order chi connectivity index (χ1) is 15.2. The Morgan fingerprint density at radius 2 is 1.97 bits per heavy atom. The van der Waals surface area contributed by atoms with E-state index < -0.39 is 5.91 Å². The number of amides is 1. The number of ether oxygens (including phenoxy) is 1. The van der Waals surface area contributed by atoms with Crippen molar-refractivity contribution in [1.82, 2.24) is 20.4 Å². The van der Waals surface area contributed by atoms with Crippen LogP contribution in [0.5, 0.6) is 5.75 Å². The zero-order valence-electron chi connectivity index (χ0n) is 16.7. The van der Waals surface area contributed by atoms with Gasteiger partial charge in [0, 0.05) is 35.5 Å². The van der Waals surface area contributed by atoms with Crippen LogP contribution >= 0.6 is 0 Å². The van der Waals surface area contributed by atoms with E-state index in [2.05, 4.69) is 44.1 Å². The number of benzene rings is 2. The first-order valence-corrected chi connectivity index (χ1v) is 10.0. The summed E-state index contributed by atoms with van der Waals surface area (Å²) < 4.78 is 6.00. The number of hydroxylamine groups is 1. The zero-order valence-corrected chi connectivity index (χ0v) is 16.7. The summed E-state index contributed by atoms with van der Waals surface area (Å²) in [6.07, 6.45) is 3.66. The summed E-state index contributed by atoms with van der Waals surface area (Å²) in [6.45, 7) is 1.95. The fraction of sp³-hybridized carbons (Fsp3) is 0.174. The van der Waals surface area contributed by atoms with Crippen LogP contribution in [0.1, 0.15) is 27.2 Å². The third kappa shape index (κ3) is 3.80. The van der Waals surface area contributed by atoms with Crippen molar-refractivity contribution in [2.24, 2.45) is 0 Å². The van der Waals surface area contributed by atoms with Crippen LogP contribution in [0.15, 0.2) is 60.9 Å². The highest BCUT2D eigenvalue weighted by Crippen LogP contribution is 2.31. The Labute approximate surface area is 178 Å². The summed E-state index contributed by atoms with van der Waals surface area (Å²) in [5.41, 5.74) is 6.42. The van der Waals surface area contributed by atoms with Crippen molar-refractivity contribution in [3.05, 3.63) is 83.3 Å². The van der Waals surface area contributed by atoms with E-state index in [1.54, 1.807) is 5.48 Å². The summed E-state index contributed by atoms with van der Waals surface area (Å²) in [5, 5.41) is 9.89. The van der Waals surface area contributed by atoms with Crippen molar-refractivity contribution in [2.75, 3.05) is 11.4 Å². The first kappa shape index (κ1) is 19.1. The molecule has 31 heavy (non-hydrogen) atoms. The summed E-state index contributed by atoms with van der Waals surface area (Å²) in [5.74, 6) is 0.765. The number of carbonyl (C=O) groups excluding carboxylic acids is 1. The molecule has 8 heteroatoms. The van der Waals surface area contributed by atoms with E-state index in [0.29, 0.717) is 19.1 Å². The molecule has 0 atom stereocenters. The molecule has 3 N–H and O–H groups in total. The van der Waals surface area contributed by atoms with E-state index in [9.17, 15) is 4.79 Å². The molecule has 0 bridgehead atoms. The van der Waals surface area contributed by atoms with Gasteiger partial charge in [-0.3, -0.25) is 10.0 Å². The molecule has 0 aliphatic carbocycles. The molecule has 1 aliphatic rings. The van der Waals surface area contributed by atoms with Gasteiger partial charge in [-0.25, -0.2) is 15.4 Å². The fourth-order valence-electron chi connectivity index (χ4n) is 3.89. The van der Waals surface area contributed by atoms with Crippen LogP contribution in [0.2, 0.25) is 0 Å². The number of aromatic nitrogens is 3. The highest BCUT2D eigenvalue weighted by molar-refractivity contribution is 5.92. The van der Waals surface area contributed by atoms with E-state index in [0.717, 1.165) is 35.5 Å². The standard InChI is InChI=1S/C23H21N5O3/c29-22(27-30)16-11-24-23(25-12-16)28-9-8-18-19-10-17(6-7-20(19)26-21(18)13-28)31-14-15-4-2-1-3-5-15/h1-7,10-12,26,30H,8-9,13-14H2,(H,27,29). The third-order valence-electron chi connectivity index (χ3n) is 5.48. The molecule has 4 aromatic rings. The Hall–Kier alpha value is -3.91. The SMILES string of the molecule is O=C(NO)c1cnc(N2CCc3c([nH]c4ccc(OCc5ccccc5)cc34)C2)nc1. The predicted molar refractivity (Wildman–Crippen MR) is 115 cm³/mol. The smallest absolute Gasteiger partial charge is 0.277 e. The van der Waals surface area contributed by atoms with Gasteiger partial charge < -0.3 is 14.6 Å². The Balaban J connectivity index is 1.34. The number of aromatic amines is 1. The minimum atomic E-state index is -0.631. The van der Waals surface area contributed by atoms with Gasteiger partial charge in [-0.2, -0.15) is 0 Å². The topological polar surface area (TPSA) is 103 Å². The lowest BCUT2D eigenvalue weighted by molar-refractivity contribution is 0.0705. The van der Waals surface area contributed by atoms with Crippen LogP contribution < -0.4 is 15.1 Å². The maximum absolute atomic E-state index is 11.4. The van der Waals surface area contributed by atoms with Crippen LogP contribution in [0.4, 0.5) is 5.95 Å². The Kier molecular flexibility index (Phi) is 4.97. The van der Waals surface area contributed by atoms with Gasteiger partial charge >= 0.3 is 0 Å². The van der Waals surface area contributed by atoms with Gasteiger partial charge in [0.2, 0.25) is 5.95 Å². The average Bonchev–Trinajstić information content (AvgIpc) is 3.20. The lowest BCUT2D eigenvalue weighted by Gasteiger charge is -2.27. The van der Waals surface area contributed by atoms with Gasteiger partial charge in [0.15, 0.2) is 0 Å². The van der Waals surface area contributed by atoms with Gasteiger partial charge in [-0.1, -0.05) is 30.3 Å². The lowest BCUT2D eigenvalue weighted by Crippen LogP contribution is -2.31. The highest BCUT2D eigenvalue weighted by Gasteiger charge is 2.23. The molecule has 8 nitrogen and oxygen atoms in total. The maximum atomic E-state index is 11.4. The average molecular weight is 415 g/mol. The van der Waals surface area contributed by atoms with E-state index in [1.807, 2.05) is 24.3 Å². The van der Waals surface area contributed by atoms with Crippen LogP contribution in [0, 0.1) is 0 Å². The van der Waals surface area contributed by atoms with Crippen molar-refractivity contribution in [2.45, 2.75) is 19.6 Å². The lowest BCUT2D eigenvalue weighted by atomic mass is 10.0. The van der Waals surface area contributed by atoms with Crippen molar-refractivity contribution in [3.63, 3.8) is 0 Å². The molecule has 156 valence electrons. The minimum absolute atomic E-state index is 0.206. The Bertz CT molecular complexity index is 1220. The highest BCUT2D eigenvalue weighted by atomic mass is 16.5.